The average Bonchev–Trinajstić information content (AvgIpc) is 3.23. The Morgan fingerprint density at radius 1 is 0.311 bits per heavy atom. The van der Waals surface area contributed by atoms with Gasteiger partial charge in [0.25, 0.3) is 0 Å². The van der Waals surface area contributed by atoms with E-state index in [0.29, 0.717) is 19.3 Å². The van der Waals surface area contributed by atoms with Crippen LogP contribution in [0.5, 0.6) is 0 Å². The van der Waals surface area contributed by atoms with Gasteiger partial charge in [-0.15, -0.1) is 0 Å². The van der Waals surface area contributed by atoms with Crippen molar-refractivity contribution in [1.29, 1.82) is 0 Å². The summed E-state index contributed by atoms with van der Waals surface area (Å²) in [6, 6.07) is 0. The van der Waals surface area contributed by atoms with Crippen LogP contribution in [-0.2, 0) is 28.6 Å². The van der Waals surface area contributed by atoms with Crippen LogP contribution in [0.3, 0.4) is 0 Å². The zero-order valence-electron chi connectivity index (χ0n) is 41.8. The molecule has 0 aromatic rings. The van der Waals surface area contributed by atoms with E-state index < -0.39 is 6.10 Å². The van der Waals surface area contributed by atoms with Crippen molar-refractivity contribution >= 4 is 17.9 Å². The van der Waals surface area contributed by atoms with E-state index in [-0.39, 0.29) is 31.1 Å². The van der Waals surface area contributed by atoms with Crippen molar-refractivity contribution in [2.75, 3.05) is 13.2 Å². The van der Waals surface area contributed by atoms with Crippen LogP contribution >= 0.6 is 0 Å². The molecule has 0 saturated carbocycles. The van der Waals surface area contributed by atoms with Gasteiger partial charge in [-0.2, -0.15) is 0 Å². The maximum Gasteiger partial charge on any atom is 0.306 e. The normalized spacial score (nSPS) is 12.0. The van der Waals surface area contributed by atoms with Gasteiger partial charge in [0.2, 0.25) is 0 Å². The second-order valence-corrected chi connectivity index (χ2v) is 19.8. The lowest BCUT2D eigenvalue weighted by Gasteiger charge is -2.18. The lowest BCUT2D eigenvalue weighted by Crippen LogP contribution is -2.30. The molecule has 362 valence electrons. The first-order valence-corrected chi connectivity index (χ1v) is 27.2. The fourth-order valence-electron chi connectivity index (χ4n) is 8.34. The smallest absolute Gasteiger partial charge is 0.306 e. The van der Waals surface area contributed by atoms with Gasteiger partial charge >= 0.3 is 17.9 Å². The predicted octanol–water partition coefficient (Wildman–Crippen LogP) is 17.7. The van der Waals surface area contributed by atoms with Crippen molar-refractivity contribution in [3.05, 3.63) is 0 Å². The lowest BCUT2D eigenvalue weighted by atomic mass is 10.0. The monoisotopic (exact) mass is 863 g/mol. The van der Waals surface area contributed by atoms with Gasteiger partial charge in [0.1, 0.15) is 13.2 Å². The van der Waals surface area contributed by atoms with Crippen LogP contribution in [0.15, 0.2) is 0 Å². The summed E-state index contributed by atoms with van der Waals surface area (Å²) in [4.78, 5) is 37.9. The fourth-order valence-corrected chi connectivity index (χ4v) is 8.34. The minimum Gasteiger partial charge on any atom is -0.462 e. The lowest BCUT2D eigenvalue weighted by molar-refractivity contribution is -0.167. The van der Waals surface area contributed by atoms with Crippen LogP contribution in [0.1, 0.15) is 304 Å². The second-order valence-electron chi connectivity index (χ2n) is 19.8. The third-order valence-corrected chi connectivity index (χ3v) is 12.5. The molecule has 0 amide bonds. The van der Waals surface area contributed by atoms with E-state index in [4.69, 9.17) is 14.2 Å². The van der Waals surface area contributed by atoms with Crippen LogP contribution in [0.4, 0.5) is 0 Å². The fraction of sp³-hybridized carbons (Fsp3) is 0.945. The van der Waals surface area contributed by atoms with Crippen LogP contribution in [-0.4, -0.2) is 37.2 Å². The minimum atomic E-state index is -0.762. The Morgan fingerprint density at radius 3 is 0.803 bits per heavy atom. The van der Waals surface area contributed by atoms with E-state index in [1.807, 2.05) is 0 Å². The SMILES string of the molecule is CCCCCCCCCCCCCCCC(=O)O[C@@H](COC(=O)CCCCCCCCCCCCCCCCCCCCC(C)C)COC(=O)CCCCCCCCC(C)C. The van der Waals surface area contributed by atoms with E-state index in [9.17, 15) is 14.4 Å². The molecule has 0 aromatic carbocycles. The Balaban J connectivity index is 4.18. The molecule has 0 aliphatic rings. The average molecular weight is 863 g/mol. The summed E-state index contributed by atoms with van der Waals surface area (Å²) >= 11 is 0. The highest BCUT2D eigenvalue weighted by Gasteiger charge is 2.19. The van der Waals surface area contributed by atoms with Crippen molar-refractivity contribution in [3.8, 4) is 0 Å². The number of carbonyl (C=O) groups is 3. The Morgan fingerprint density at radius 2 is 0.541 bits per heavy atom. The number of hydrogen-bond donors (Lipinski definition) is 0. The number of ether oxygens (including phenoxy) is 3. The first kappa shape index (κ1) is 59.4. The highest BCUT2D eigenvalue weighted by molar-refractivity contribution is 5.71. The van der Waals surface area contributed by atoms with Gasteiger partial charge < -0.3 is 14.2 Å². The van der Waals surface area contributed by atoms with Gasteiger partial charge in [0, 0.05) is 19.3 Å². The Bertz CT molecular complexity index is 931. The molecule has 0 spiro atoms. The van der Waals surface area contributed by atoms with Crippen LogP contribution in [0.25, 0.3) is 0 Å². The molecular weight excluding hydrogens is 757 g/mol. The molecule has 61 heavy (non-hydrogen) atoms. The van der Waals surface area contributed by atoms with Crippen molar-refractivity contribution in [1.82, 2.24) is 0 Å². The third-order valence-electron chi connectivity index (χ3n) is 12.5. The molecule has 6 nitrogen and oxygen atoms in total. The molecule has 0 heterocycles. The summed E-state index contributed by atoms with van der Waals surface area (Å²) < 4.78 is 16.8. The molecule has 1 atom stereocenters. The Kier molecular flexibility index (Phi) is 46.6. The van der Waals surface area contributed by atoms with Crippen LogP contribution < -0.4 is 0 Å². The van der Waals surface area contributed by atoms with E-state index in [1.54, 1.807) is 0 Å². The van der Waals surface area contributed by atoms with Crippen molar-refractivity contribution < 1.29 is 28.6 Å². The van der Waals surface area contributed by atoms with Crippen LogP contribution in [0, 0.1) is 11.8 Å². The zero-order chi connectivity index (χ0) is 44.7. The summed E-state index contributed by atoms with van der Waals surface area (Å²) in [7, 11) is 0. The summed E-state index contributed by atoms with van der Waals surface area (Å²) in [5, 5.41) is 0. The third kappa shape index (κ3) is 49.3. The summed E-state index contributed by atoms with van der Waals surface area (Å²) in [5.41, 5.74) is 0. The molecule has 0 radical (unpaired) electrons. The van der Waals surface area contributed by atoms with Gasteiger partial charge in [-0.25, -0.2) is 0 Å². The number of unbranched alkanes of at least 4 members (excludes halogenated alkanes) is 34. The second kappa shape index (κ2) is 47.9. The molecule has 0 fully saturated rings. The Hall–Kier alpha value is -1.59. The molecule has 6 heteroatoms. The van der Waals surface area contributed by atoms with Crippen molar-refractivity contribution in [2.24, 2.45) is 11.8 Å². The zero-order valence-corrected chi connectivity index (χ0v) is 41.8. The topological polar surface area (TPSA) is 78.9 Å². The van der Waals surface area contributed by atoms with Gasteiger partial charge in [-0.05, 0) is 31.1 Å². The summed E-state index contributed by atoms with van der Waals surface area (Å²) in [6.07, 6.45) is 49.7. The first-order valence-electron chi connectivity index (χ1n) is 27.2. The minimum absolute atomic E-state index is 0.0640. The molecule has 0 aliphatic carbocycles. The van der Waals surface area contributed by atoms with Crippen molar-refractivity contribution in [3.63, 3.8) is 0 Å². The van der Waals surface area contributed by atoms with E-state index in [2.05, 4.69) is 34.6 Å². The van der Waals surface area contributed by atoms with Gasteiger partial charge in [0.15, 0.2) is 6.10 Å². The maximum atomic E-state index is 12.8. The van der Waals surface area contributed by atoms with Crippen molar-refractivity contribution in [2.45, 2.75) is 310 Å². The molecule has 0 aromatic heterocycles. The van der Waals surface area contributed by atoms with Gasteiger partial charge in [0.05, 0.1) is 0 Å². The summed E-state index contributed by atoms with van der Waals surface area (Å²) in [5.74, 6) is 0.773. The molecule has 0 aliphatic heterocycles. The van der Waals surface area contributed by atoms with E-state index >= 15 is 0 Å². The number of hydrogen-bond acceptors (Lipinski definition) is 6. The molecule has 0 saturated heterocycles. The molecule has 0 bridgehead atoms. The first-order chi connectivity index (χ1) is 29.7. The molecular formula is C55H106O6. The molecule has 0 rings (SSSR count). The maximum absolute atomic E-state index is 12.8. The molecule has 0 unspecified atom stereocenters. The largest absolute Gasteiger partial charge is 0.462 e. The van der Waals surface area contributed by atoms with Crippen LogP contribution in [0.2, 0.25) is 0 Å². The number of rotatable bonds is 49. The highest BCUT2D eigenvalue weighted by Crippen LogP contribution is 2.18. The quantitative estimate of drug-likeness (QED) is 0.0344. The van der Waals surface area contributed by atoms with E-state index in [1.165, 1.54) is 193 Å². The van der Waals surface area contributed by atoms with Gasteiger partial charge in [-0.3, -0.25) is 14.4 Å². The summed E-state index contributed by atoms with van der Waals surface area (Å²) in [6.45, 7) is 11.3. The highest BCUT2D eigenvalue weighted by atomic mass is 16.6. The van der Waals surface area contributed by atoms with E-state index in [0.717, 1.165) is 69.6 Å². The predicted molar refractivity (Wildman–Crippen MR) is 261 cm³/mol. The standard InChI is InChI=1S/C55H106O6/c1-6-7-8-9-10-11-12-19-24-27-30-37-42-47-55(58)61-52(49-60-54(57)46-41-36-32-31-34-39-44-51(4)5)48-59-53(56)45-40-35-29-26-23-21-18-16-14-13-15-17-20-22-25-28-33-38-43-50(2)3/h50-52H,6-49H2,1-5H3/t52-/m0/s1. The Labute approximate surface area is 380 Å². The molecule has 0 N–H and O–H groups in total. The number of esters is 3. The number of carbonyl (C=O) groups excluding carboxylic acids is 3. The van der Waals surface area contributed by atoms with Gasteiger partial charge in [-0.1, -0.05) is 266 Å².